The lowest BCUT2D eigenvalue weighted by Gasteiger charge is -2.30. The topological polar surface area (TPSA) is 9.23 Å². The highest BCUT2D eigenvalue weighted by Crippen LogP contribution is 2.26. The maximum Gasteiger partial charge on any atom is 0.0604 e. The van der Waals surface area contributed by atoms with E-state index >= 15 is 0 Å². The molecule has 0 N–H and O–H groups in total. The molecule has 1 rings (SSSR count). The lowest BCUT2D eigenvalue weighted by Crippen LogP contribution is -2.28. The predicted octanol–water partition coefficient (Wildman–Crippen LogP) is 2.99. The largest absolute Gasteiger partial charge is 0.375 e. The van der Waals surface area contributed by atoms with Crippen LogP contribution in [0.1, 0.15) is 46.5 Å². The molecule has 0 amide bonds. The fourth-order valence-corrected chi connectivity index (χ4v) is 1.83. The molecule has 2 atom stereocenters. The van der Waals surface area contributed by atoms with Gasteiger partial charge in [0, 0.05) is 0 Å². The van der Waals surface area contributed by atoms with Crippen molar-refractivity contribution in [1.82, 2.24) is 0 Å². The van der Waals surface area contributed by atoms with Gasteiger partial charge in [-0.25, -0.2) is 0 Å². The van der Waals surface area contributed by atoms with Gasteiger partial charge in [-0.1, -0.05) is 19.8 Å². The van der Waals surface area contributed by atoms with E-state index in [0.717, 1.165) is 5.92 Å². The van der Waals surface area contributed by atoms with Crippen LogP contribution < -0.4 is 0 Å². The Kier molecular flexibility index (Phi) is 3.38. The van der Waals surface area contributed by atoms with Crippen LogP contribution in [0.2, 0.25) is 0 Å². The van der Waals surface area contributed by atoms with Crippen LogP contribution in [0, 0.1) is 5.92 Å². The fourth-order valence-electron chi connectivity index (χ4n) is 1.83. The summed E-state index contributed by atoms with van der Waals surface area (Å²) in [4.78, 5) is 0. The van der Waals surface area contributed by atoms with Crippen LogP contribution in [-0.2, 0) is 4.74 Å². The van der Waals surface area contributed by atoms with E-state index < -0.39 is 0 Å². The summed E-state index contributed by atoms with van der Waals surface area (Å²) in [5, 5.41) is 0. The van der Waals surface area contributed by atoms with Crippen molar-refractivity contribution in [3.63, 3.8) is 0 Å². The summed E-state index contributed by atoms with van der Waals surface area (Å²) >= 11 is 0. The first-order chi connectivity index (χ1) is 5.20. The lowest BCUT2D eigenvalue weighted by molar-refractivity contribution is -0.0400. The molecule has 11 heavy (non-hydrogen) atoms. The molecule has 0 spiro atoms. The van der Waals surface area contributed by atoms with Gasteiger partial charge in [0.05, 0.1) is 12.2 Å². The van der Waals surface area contributed by atoms with Gasteiger partial charge in [-0.15, -0.1) is 0 Å². The number of hydrogen-bond acceptors (Lipinski definition) is 1. The van der Waals surface area contributed by atoms with E-state index in [1.807, 2.05) is 0 Å². The second kappa shape index (κ2) is 4.10. The Bertz CT molecular complexity index is 109. The number of rotatable bonds is 2. The molecule has 0 heterocycles. The molecular formula is C10H20O. The zero-order valence-electron chi connectivity index (χ0n) is 7.97. The first-order valence-electron chi connectivity index (χ1n) is 4.85. The highest BCUT2D eigenvalue weighted by atomic mass is 16.5. The molecule has 0 radical (unpaired) electrons. The third-order valence-corrected chi connectivity index (χ3v) is 2.48. The summed E-state index contributed by atoms with van der Waals surface area (Å²) in [6.07, 6.45) is 6.35. The van der Waals surface area contributed by atoms with Crippen LogP contribution >= 0.6 is 0 Å². The fraction of sp³-hybridized carbons (Fsp3) is 1.00. The van der Waals surface area contributed by atoms with Crippen LogP contribution in [0.3, 0.4) is 0 Å². The van der Waals surface area contributed by atoms with Crippen molar-refractivity contribution in [1.29, 1.82) is 0 Å². The van der Waals surface area contributed by atoms with Crippen LogP contribution in [-0.4, -0.2) is 12.2 Å². The molecule has 0 saturated heterocycles. The van der Waals surface area contributed by atoms with Crippen molar-refractivity contribution in [3.05, 3.63) is 0 Å². The van der Waals surface area contributed by atoms with E-state index in [9.17, 15) is 0 Å². The summed E-state index contributed by atoms with van der Waals surface area (Å²) in [6, 6.07) is 0. The van der Waals surface area contributed by atoms with Crippen molar-refractivity contribution >= 4 is 0 Å². The summed E-state index contributed by atoms with van der Waals surface area (Å²) in [5.41, 5.74) is 0. The van der Waals surface area contributed by atoms with Crippen molar-refractivity contribution < 1.29 is 4.74 Å². The third-order valence-electron chi connectivity index (χ3n) is 2.48. The average molecular weight is 156 g/mol. The number of ether oxygens (including phenoxy) is 1. The summed E-state index contributed by atoms with van der Waals surface area (Å²) in [6.45, 7) is 6.56. The summed E-state index contributed by atoms with van der Waals surface area (Å²) < 4.78 is 5.80. The molecule has 1 aliphatic rings. The Labute approximate surface area is 70.1 Å². The van der Waals surface area contributed by atoms with E-state index in [1.54, 1.807) is 0 Å². The lowest BCUT2D eigenvalue weighted by atomic mass is 9.88. The summed E-state index contributed by atoms with van der Waals surface area (Å²) in [5.74, 6) is 0.783. The second-order valence-corrected chi connectivity index (χ2v) is 3.99. The van der Waals surface area contributed by atoms with Crippen LogP contribution in [0.5, 0.6) is 0 Å². The highest BCUT2D eigenvalue weighted by Gasteiger charge is 2.22. The van der Waals surface area contributed by atoms with Crippen molar-refractivity contribution in [2.75, 3.05) is 0 Å². The molecule has 0 aromatic carbocycles. The average Bonchev–Trinajstić information content (AvgIpc) is 1.93. The summed E-state index contributed by atoms with van der Waals surface area (Å²) in [7, 11) is 0. The number of hydrogen-bond donors (Lipinski definition) is 0. The van der Waals surface area contributed by atoms with E-state index in [1.165, 1.54) is 25.7 Å². The molecule has 66 valence electrons. The minimum Gasteiger partial charge on any atom is -0.375 e. The van der Waals surface area contributed by atoms with E-state index in [0.29, 0.717) is 12.2 Å². The van der Waals surface area contributed by atoms with E-state index in [4.69, 9.17) is 4.74 Å². The van der Waals surface area contributed by atoms with Gasteiger partial charge >= 0.3 is 0 Å². The van der Waals surface area contributed by atoms with Crippen LogP contribution in [0.25, 0.3) is 0 Å². The van der Waals surface area contributed by atoms with Gasteiger partial charge in [-0.05, 0) is 32.6 Å². The monoisotopic (exact) mass is 156 g/mol. The first-order valence-corrected chi connectivity index (χ1v) is 4.85. The third kappa shape index (κ3) is 2.82. The molecule has 1 heteroatoms. The van der Waals surface area contributed by atoms with Gasteiger partial charge in [-0.3, -0.25) is 0 Å². The van der Waals surface area contributed by atoms with E-state index in [2.05, 4.69) is 20.8 Å². The maximum absolute atomic E-state index is 5.80. The van der Waals surface area contributed by atoms with Crippen molar-refractivity contribution in [3.8, 4) is 0 Å². The standard InChI is InChI=1S/C10H20O/c1-8(2)11-10-7-5-4-6-9(10)3/h8-10H,4-7H2,1-3H3. The molecular weight excluding hydrogens is 136 g/mol. The van der Waals surface area contributed by atoms with Crippen LogP contribution in [0.4, 0.5) is 0 Å². The molecule has 0 aliphatic heterocycles. The molecule has 1 aliphatic carbocycles. The van der Waals surface area contributed by atoms with Crippen molar-refractivity contribution in [2.45, 2.75) is 58.7 Å². The molecule has 2 unspecified atom stereocenters. The van der Waals surface area contributed by atoms with Crippen molar-refractivity contribution in [2.24, 2.45) is 5.92 Å². The Hall–Kier alpha value is -0.0400. The van der Waals surface area contributed by atoms with Gasteiger partial charge < -0.3 is 4.74 Å². The quantitative estimate of drug-likeness (QED) is 0.597. The Morgan fingerprint density at radius 3 is 2.36 bits per heavy atom. The second-order valence-electron chi connectivity index (χ2n) is 3.99. The van der Waals surface area contributed by atoms with Gasteiger partial charge in [-0.2, -0.15) is 0 Å². The molecule has 1 nitrogen and oxygen atoms in total. The van der Waals surface area contributed by atoms with Crippen LogP contribution in [0.15, 0.2) is 0 Å². The Morgan fingerprint density at radius 1 is 1.18 bits per heavy atom. The first kappa shape index (κ1) is 9.05. The minimum atomic E-state index is 0.403. The molecule has 0 bridgehead atoms. The molecule has 1 fully saturated rings. The van der Waals surface area contributed by atoms with Gasteiger partial charge in [0.1, 0.15) is 0 Å². The van der Waals surface area contributed by atoms with Gasteiger partial charge in [0.25, 0.3) is 0 Å². The molecule has 0 aromatic rings. The van der Waals surface area contributed by atoms with Gasteiger partial charge in [0.15, 0.2) is 0 Å². The smallest absolute Gasteiger partial charge is 0.0604 e. The van der Waals surface area contributed by atoms with E-state index in [-0.39, 0.29) is 0 Å². The normalized spacial score (nSPS) is 32.7. The zero-order valence-corrected chi connectivity index (χ0v) is 7.97. The molecule has 1 saturated carbocycles. The van der Waals surface area contributed by atoms with Gasteiger partial charge in [0.2, 0.25) is 0 Å². The highest BCUT2D eigenvalue weighted by molar-refractivity contribution is 4.72. The molecule has 0 aromatic heterocycles. The minimum absolute atomic E-state index is 0.403. The SMILES string of the molecule is CC(C)OC1CCCCC1C. The Balaban J connectivity index is 2.29. The predicted molar refractivity (Wildman–Crippen MR) is 47.6 cm³/mol. The Morgan fingerprint density at radius 2 is 1.82 bits per heavy atom. The zero-order chi connectivity index (χ0) is 8.27. The maximum atomic E-state index is 5.80.